The lowest BCUT2D eigenvalue weighted by Crippen LogP contribution is -2.20. The first-order valence-electron chi connectivity index (χ1n) is 16.3. The van der Waals surface area contributed by atoms with Crippen molar-refractivity contribution in [1.29, 1.82) is 0 Å². The Labute approximate surface area is 305 Å². The van der Waals surface area contributed by atoms with Crippen molar-refractivity contribution in [2.75, 3.05) is 76.8 Å². The molecule has 0 atom stereocenters. The van der Waals surface area contributed by atoms with E-state index in [4.69, 9.17) is 23.7 Å². The number of nitrogens with zero attached hydrogens (tertiary/aromatic N) is 2. The monoisotopic (exact) mass is 753 g/mol. The summed E-state index contributed by atoms with van der Waals surface area (Å²) < 4.78 is 66.8. The number of aromatic nitrogens is 2. The van der Waals surface area contributed by atoms with Gasteiger partial charge in [0.1, 0.15) is 5.75 Å². The molecule has 16 heteroatoms. The first-order valence-corrected chi connectivity index (χ1v) is 19.0. The number of ether oxygens (including phenoxy) is 5. The number of nitrogens with one attached hydrogen (secondary N) is 3. The van der Waals surface area contributed by atoms with Crippen molar-refractivity contribution < 1.29 is 41.3 Å². The maximum Gasteiger partial charge on any atom is 0.323 e. The van der Waals surface area contributed by atoms with Gasteiger partial charge < -0.3 is 39.6 Å². The molecule has 5 rings (SSSR count). The summed E-state index contributed by atoms with van der Waals surface area (Å²) in [6.45, 7) is 5.10. The predicted molar refractivity (Wildman–Crippen MR) is 198 cm³/mol. The molecule has 0 aliphatic carbocycles. The quantitative estimate of drug-likeness (QED) is 0.0786. The highest BCUT2D eigenvalue weighted by Gasteiger charge is 2.15. The van der Waals surface area contributed by atoms with Crippen molar-refractivity contribution in [3.63, 3.8) is 0 Å². The fourth-order valence-corrected chi connectivity index (χ4v) is 6.44. The van der Waals surface area contributed by atoms with Gasteiger partial charge in [-0.1, -0.05) is 12.1 Å². The summed E-state index contributed by atoms with van der Waals surface area (Å²) in [5.74, 6) is -0.311. The Balaban J connectivity index is 1.09. The van der Waals surface area contributed by atoms with Crippen molar-refractivity contribution in [3.8, 4) is 22.1 Å². The molecule has 2 aromatic carbocycles. The third-order valence-corrected chi connectivity index (χ3v) is 9.58. The zero-order valence-electron chi connectivity index (χ0n) is 28.7. The molecule has 0 fully saturated rings. The molecule has 0 aliphatic heterocycles. The van der Waals surface area contributed by atoms with Crippen molar-refractivity contribution in [3.05, 3.63) is 90.5 Å². The Kier molecular flexibility index (Phi) is 14.4. The van der Waals surface area contributed by atoms with E-state index in [-0.39, 0.29) is 22.0 Å². The Morgan fingerprint density at radius 3 is 2.25 bits per heavy atom. The van der Waals surface area contributed by atoms with Crippen LogP contribution in [-0.2, 0) is 35.3 Å². The Morgan fingerprint density at radius 2 is 1.56 bits per heavy atom. The van der Waals surface area contributed by atoms with Crippen molar-refractivity contribution >= 4 is 48.8 Å². The number of benzene rings is 2. The van der Waals surface area contributed by atoms with Crippen LogP contribution in [-0.4, -0.2) is 90.6 Å². The molecule has 0 aliphatic rings. The molecule has 0 radical (unpaired) electrons. The third-order valence-electron chi connectivity index (χ3n) is 7.31. The number of methoxy groups -OCH3 is 1. The van der Waals surface area contributed by atoms with Crippen LogP contribution in [0.1, 0.15) is 5.56 Å². The van der Waals surface area contributed by atoms with Crippen LogP contribution >= 0.6 is 11.3 Å². The minimum atomic E-state index is -3.45. The van der Waals surface area contributed by atoms with Crippen LogP contribution in [0.15, 0.2) is 84.0 Å². The molecule has 2 amide bonds. The average molecular weight is 754 g/mol. The number of hydrogen-bond acceptors (Lipinski definition) is 12. The summed E-state index contributed by atoms with van der Waals surface area (Å²) in [7, 11) is -1.81. The lowest BCUT2D eigenvalue weighted by atomic mass is 10.2. The van der Waals surface area contributed by atoms with Crippen LogP contribution in [0, 0.1) is 5.82 Å². The predicted octanol–water partition coefficient (Wildman–Crippen LogP) is 6.12. The molecule has 5 aromatic rings. The molecule has 3 N–H and O–H groups in total. The van der Waals surface area contributed by atoms with E-state index < -0.39 is 21.7 Å². The maximum atomic E-state index is 15.1. The average Bonchev–Trinajstić information content (AvgIpc) is 3.57. The van der Waals surface area contributed by atoms with Crippen LogP contribution in [0.2, 0.25) is 0 Å². The smallest absolute Gasteiger partial charge is 0.323 e. The van der Waals surface area contributed by atoms with E-state index in [1.807, 2.05) is 24.4 Å². The van der Waals surface area contributed by atoms with Crippen LogP contribution in [0.25, 0.3) is 20.8 Å². The van der Waals surface area contributed by atoms with Gasteiger partial charge in [-0.3, -0.25) is 9.97 Å². The summed E-state index contributed by atoms with van der Waals surface area (Å²) in [6.07, 6.45) is 4.48. The van der Waals surface area contributed by atoms with E-state index in [0.717, 1.165) is 33.2 Å². The minimum absolute atomic E-state index is 0.0394. The molecule has 276 valence electrons. The van der Waals surface area contributed by atoms with Crippen LogP contribution in [0.3, 0.4) is 0 Å². The van der Waals surface area contributed by atoms with Crippen LogP contribution in [0.5, 0.6) is 11.5 Å². The van der Waals surface area contributed by atoms with Gasteiger partial charge in [0, 0.05) is 62.4 Å². The van der Waals surface area contributed by atoms with Crippen molar-refractivity contribution in [2.45, 2.75) is 11.4 Å². The second-order valence-electron chi connectivity index (χ2n) is 11.3. The summed E-state index contributed by atoms with van der Waals surface area (Å²) in [5.41, 5.74) is 2.92. The molecule has 0 bridgehead atoms. The molecule has 3 aromatic heterocycles. The van der Waals surface area contributed by atoms with Crippen molar-refractivity contribution in [1.82, 2.24) is 15.3 Å². The van der Waals surface area contributed by atoms with Gasteiger partial charge in [0.2, 0.25) is 0 Å². The number of pyridine rings is 2. The SMILES string of the molecule is COCCOCCOCCOCCNCc1ccc(-c2cc3nccc(Oc4ccc(NC(=O)Nc5cccc(S(C)(=O)=O)c5)cc4F)c3s2)nc1. The molecule has 0 unspecified atom stereocenters. The number of hydrogen-bond donors (Lipinski definition) is 3. The summed E-state index contributed by atoms with van der Waals surface area (Å²) in [5, 5.41) is 8.43. The highest BCUT2D eigenvalue weighted by molar-refractivity contribution is 7.90. The topological polar surface area (TPSA) is 159 Å². The van der Waals surface area contributed by atoms with Gasteiger partial charge in [-0.2, -0.15) is 0 Å². The van der Waals surface area contributed by atoms with Gasteiger partial charge in [0.15, 0.2) is 21.4 Å². The Morgan fingerprint density at radius 1 is 0.827 bits per heavy atom. The van der Waals surface area contributed by atoms with E-state index in [9.17, 15) is 13.2 Å². The first kappa shape index (κ1) is 38.7. The molecule has 0 saturated carbocycles. The zero-order chi connectivity index (χ0) is 36.8. The normalized spacial score (nSPS) is 11.5. The van der Waals surface area contributed by atoms with E-state index in [0.29, 0.717) is 70.6 Å². The lowest BCUT2D eigenvalue weighted by Gasteiger charge is -2.11. The molecule has 0 spiro atoms. The van der Waals surface area contributed by atoms with E-state index in [1.165, 1.54) is 41.7 Å². The second-order valence-corrected chi connectivity index (χ2v) is 14.4. The van der Waals surface area contributed by atoms with E-state index in [1.54, 1.807) is 25.4 Å². The maximum absolute atomic E-state index is 15.1. The standard InChI is InChI=1S/C36H40FN5O8S2/c1-46-14-15-48-18-19-49-17-16-47-13-12-38-23-25-6-8-30(40-24-25)34-22-31-35(51-34)33(10-11-39-31)50-32-9-7-27(21-29(32)37)42-36(43)41-26-4-3-5-28(20-26)52(2,44)45/h3-11,20-22,24,38H,12-19,23H2,1-2H3,(H2,41,42,43). The number of amides is 2. The number of sulfone groups is 1. The number of rotatable bonds is 20. The van der Waals surface area contributed by atoms with Crippen LogP contribution < -0.4 is 20.7 Å². The van der Waals surface area contributed by atoms with Gasteiger partial charge in [-0.25, -0.2) is 17.6 Å². The number of thiophene rings is 1. The van der Waals surface area contributed by atoms with E-state index in [2.05, 4.69) is 25.9 Å². The number of carbonyl (C=O) groups is 1. The lowest BCUT2D eigenvalue weighted by molar-refractivity contribution is 0.00408. The highest BCUT2D eigenvalue weighted by atomic mass is 32.2. The number of carbonyl (C=O) groups excluding carboxylic acids is 1. The van der Waals surface area contributed by atoms with Gasteiger partial charge in [0.05, 0.1) is 71.9 Å². The fourth-order valence-electron chi connectivity index (χ4n) is 4.74. The summed E-state index contributed by atoms with van der Waals surface area (Å²) in [6, 6.07) is 16.7. The van der Waals surface area contributed by atoms with Crippen molar-refractivity contribution in [2.24, 2.45) is 0 Å². The zero-order valence-corrected chi connectivity index (χ0v) is 30.4. The Bertz CT molecular complexity index is 2030. The summed E-state index contributed by atoms with van der Waals surface area (Å²) >= 11 is 1.43. The number of fused-ring (bicyclic) bond motifs is 1. The van der Waals surface area contributed by atoms with Crippen LogP contribution in [0.4, 0.5) is 20.6 Å². The largest absolute Gasteiger partial charge is 0.453 e. The molecule has 3 heterocycles. The number of urea groups is 1. The minimum Gasteiger partial charge on any atom is -0.453 e. The number of halogens is 1. The van der Waals surface area contributed by atoms with Gasteiger partial charge in [0.25, 0.3) is 0 Å². The molecular formula is C36H40FN5O8S2. The first-order chi connectivity index (χ1) is 25.2. The molecule has 13 nitrogen and oxygen atoms in total. The molecule has 52 heavy (non-hydrogen) atoms. The fraction of sp³-hybridized carbons (Fsp3) is 0.306. The summed E-state index contributed by atoms with van der Waals surface area (Å²) in [4.78, 5) is 22.5. The molecule has 0 saturated heterocycles. The highest BCUT2D eigenvalue weighted by Crippen LogP contribution is 2.39. The van der Waals surface area contributed by atoms with Gasteiger partial charge in [-0.05, 0) is 48.0 Å². The second kappa shape index (κ2) is 19.3. The van der Waals surface area contributed by atoms with Gasteiger partial charge >= 0.3 is 6.03 Å². The third kappa shape index (κ3) is 11.7. The molecular weight excluding hydrogens is 714 g/mol. The Hall–Kier alpha value is -4.55. The van der Waals surface area contributed by atoms with Gasteiger partial charge in [-0.15, -0.1) is 11.3 Å². The number of anilines is 2. The van der Waals surface area contributed by atoms with E-state index >= 15 is 4.39 Å².